The maximum atomic E-state index is 12.9. The number of nitrogens with one attached hydrogen (secondary N) is 3. The molecule has 2 amide bonds. The highest BCUT2D eigenvalue weighted by atomic mass is 35.5. The number of phenols is 1. The van der Waals surface area contributed by atoms with E-state index in [1.54, 1.807) is 24.3 Å². The zero-order valence-electron chi connectivity index (χ0n) is 19.2. The van der Waals surface area contributed by atoms with Crippen LogP contribution in [0, 0.1) is 0 Å². The number of anilines is 1. The van der Waals surface area contributed by atoms with Gasteiger partial charge >= 0.3 is 0 Å². The van der Waals surface area contributed by atoms with Crippen LogP contribution < -0.4 is 16.2 Å². The zero-order chi connectivity index (χ0) is 25.7. The molecule has 0 unspecified atom stereocenters. The molecule has 2 aromatic carbocycles. The van der Waals surface area contributed by atoms with Crippen LogP contribution >= 0.6 is 23.4 Å². The van der Waals surface area contributed by atoms with E-state index in [1.807, 2.05) is 12.3 Å². The molecule has 2 heterocycles. The second-order valence-corrected chi connectivity index (χ2v) is 9.03. The average molecular weight is 524 g/mol. The molecule has 0 saturated heterocycles. The molecule has 11 heteroatoms. The van der Waals surface area contributed by atoms with E-state index in [0.717, 1.165) is 5.56 Å². The van der Waals surface area contributed by atoms with E-state index in [1.165, 1.54) is 36.2 Å². The third-order valence-corrected chi connectivity index (χ3v) is 6.21. The van der Waals surface area contributed by atoms with Crippen LogP contribution in [0.25, 0.3) is 11.0 Å². The molecule has 4 aromatic rings. The highest BCUT2D eigenvalue weighted by molar-refractivity contribution is 7.98. The number of rotatable bonds is 8. The molecule has 0 bridgehead atoms. The van der Waals surface area contributed by atoms with Gasteiger partial charge in [0, 0.05) is 23.7 Å². The lowest BCUT2D eigenvalue weighted by atomic mass is 10.1. The van der Waals surface area contributed by atoms with Crippen LogP contribution in [-0.2, 0) is 6.42 Å². The number of thioether (sulfide) groups is 1. The molecule has 0 aliphatic rings. The molecule has 0 radical (unpaired) electrons. The Morgan fingerprint density at radius 1 is 1.14 bits per heavy atom. The maximum Gasteiger partial charge on any atom is 0.262 e. The first-order valence-corrected chi connectivity index (χ1v) is 12.6. The van der Waals surface area contributed by atoms with Crippen molar-refractivity contribution < 1.29 is 14.7 Å². The van der Waals surface area contributed by atoms with Gasteiger partial charge in [-0.25, -0.2) is 9.97 Å². The molecule has 4 N–H and O–H groups in total. The van der Waals surface area contributed by atoms with Crippen molar-refractivity contribution in [3.63, 3.8) is 0 Å². The third-order valence-electron chi connectivity index (χ3n) is 5.31. The Balaban J connectivity index is 1.42. The monoisotopic (exact) mass is 523 g/mol. The summed E-state index contributed by atoms with van der Waals surface area (Å²) in [6.45, 7) is 0.422. The van der Waals surface area contributed by atoms with Gasteiger partial charge < -0.3 is 20.7 Å². The van der Waals surface area contributed by atoms with E-state index >= 15 is 0 Å². The summed E-state index contributed by atoms with van der Waals surface area (Å²) >= 11 is 7.57. The minimum atomic E-state index is -0.683. The van der Waals surface area contributed by atoms with Gasteiger partial charge in [-0.2, -0.15) is 0 Å². The van der Waals surface area contributed by atoms with Gasteiger partial charge in [0.2, 0.25) is 0 Å². The van der Waals surface area contributed by atoms with Gasteiger partial charge in [0.15, 0.2) is 5.16 Å². The number of hydrogen-bond donors (Lipinski definition) is 4. The third kappa shape index (κ3) is 6.02. The van der Waals surface area contributed by atoms with Crippen molar-refractivity contribution in [2.75, 3.05) is 18.1 Å². The summed E-state index contributed by atoms with van der Waals surface area (Å²) in [5.74, 6) is -0.808. The van der Waals surface area contributed by atoms with E-state index in [4.69, 9.17) is 11.6 Å². The lowest BCUT2D eigenvalue weighted by Gasteiger charge is -2.10. The van der Waals surface area contributed by atoms with Crippen LogP contribution in [-0.4, -0.2) is 44.7 Å². The molecule has 0 spiro atoms. The number of pyridine rings is 1. The van der Waals surface area contributed by atoms with E-state index < -0.39 is 11.5 Å². The van der Waals surface area contributed by atoms with Crippen LogP contribution in [0.4, 0.5) is 5.69 Å². The number of amides is 2. The van der Waals surface area contributed by atoms with Crippen molar-refractivity contribution >= 4 is 51.9 Å². The number of phenolic OH excluding ortho intramolecular Hbond substituents is 1. The molecular formula is C25H22ClN5O4S. The van der Waals surface area contributed by atoms with Crippen molar-refractivity contribution in [3.8, 4) is 5.75 Å². The van der Waals surface area contributed by atoms with Crippen molar-refractivity contribution in [2.45, 2.75) is 18.0 Å². The van der Waals surface area contributed by atoms with Crippen LogP contribution in [0.5, 0.6) is 5.75 Å². The van der Waals surface area contributed by atoms with Gasteiger partial charge in [-0.1, -0.05) is 35.5 Å². The zero-order valence-corrected chi connectivity index (χ0v) is 20.7. The summed E-state index contributed by atoms with van der Waals surface area (Å²) in [4.78, 5) is 48.9. The van der Waals surface area contributed by atoms with Crippen LogP contribution in [0.15, 0.2) is 64.7 Å². The van der Waals surface area contributed by atoms with Gasteiger partial charge in [0.1, 0.15) is 17.0 Å². The van der Waals surface area contributed by atoms with Crippen LogP contribution in [0.2, 0.25) is 5.02 Å². The molecule has 184 valence electrons. The number of benzene rings is 2. The van der Waals surface area contributed by atoms with Gasteiger partial charge in [0.25, 0.3) is 17.4 Å². The Labute approximate surface area is 215 Å². The normalized spacial score (nSPS) is 10.8. The number of carbonyl (C=O) groups excluding carboxylic acids is 2. The van der Waals surface area contributed by atoms with Crippen molar-refractivity contribution in [3.05, 3.63) is 86.8 Å². The second-order valence-electron chi connectivity index (χ2n) is 7.85. The second kappa shape index (κ2) is 11.2. The molecule has 2 aromatic heterocycles. The van der Waals surface area contributed by atoms with E-state index in [9.17, 15) is 19.5 Å². The Morgan fingerprint density at radius 3 is 2.75 bits per heavy atom. The lowest BCUT2D eigenvalue weighted by Crippen LogP contribution is -2.25. The number of aromatic hydroxyl groups is 1. The molecule has 9 nitrogen and oxygen atoms in total. The van der Waals surface area contributed by atoms with Crippen molar-refractivity contribution in [1.82, 2.24) is 20.3 Å². The number of nitrogens with zero attached hydrogens (tertiary/aromatic N) is 2. The molecule has 0 aliphatic carbocycles. The molecule has 0 fully saturated rings. The Kier molecular flexibility index (Phi) is 7.87. The highest BCUT2D eigenvalue weighted by Crippen LogP contribution is 2.24. The van der Waals surface area contributed by atoms with Crippen LogP contribution in [0.3, 0.4) is 0 Å². The predicted octanol–water partition coefficient (Wildman–Crippen LogP) is 4.01. The van der Waals surface area contributed by atoms with Gasteiger partial charge in [-0.05, 0) is 61.1 Å². The fraction of sp³-hybridized carbons (Fsp3) is 0.160. The number of halogens is 1. The maximum absolute atomic E-state index is 12.9. The molecule has 0 atom stereocenters. The van der Waals surface area contributed by atoms with E-state index in [2.05, 4.69) is 25.6 Å². The molecule has 36 heavy (non-hydrogen) atoms. The summed E-state index contributed by atoms with van der Waals surface area (Å²) in [6.07, 6.45) is 4.72. The fourth-order valence-corrected chi connectivity index (χ4v) is 4.01. The molecule has 0 saturated carbocycles. The summed E-state index contributed by atoms with van der Waals surface area (Å²) in [7, 11) is 0. The largest absolute Gasteiger partial charge is 0.508 e. The fourth-order valence-electron chi connectivity index (χ4n) is 3.50. The lowest BCUT2D eigenvalue weighted by molar-refractivity contribution is 0.0951. The van der Waals surface area contributed by atoms with Crippen LogP contribution in [0.1, 0.15) is 32.7 Å². The Bertz CT molecular complexity index is 1510. The average Bonchev–Trinajstić information content (AvgIpc) is 2.87. The minimum Gasteiger partial charge on any atom is -0.508 e. The SMILES string of the molecule is CSc1ncc2cc(C(=O)Nc3cc(C(=O)NCCCc4cccc(O)c4)ccc3Cl)c(=O)[nH]c2n1. The first kappa shape index (κ1) is 25.2. The molecule has 4 rings (SSSR count). The first-order chi connectivity index (χ1) is 17.3. The predicted molar refractivity (Wildman–Crippen MR) is 140 cm³/mol. The minimum absolute atomic E-state index is 0.138. The number of hydrogen-bond acceptors (Lipinski definition) is 7. The van der Waals surface area contributed by atoms with E-state index in [0.29, 0.717) is 41.1 Å². The van der Waals surface area contributed by atoms with Gasteiger partial charge in [-0.3, -0.25) is 14.4 Å². The van der Waals surface area contributed by atoms with Gasteiger partial charge in [0.05, 0.1) is 10.7 Å². The van der Waals surface area contributed by atoms with Gasteiger partial charge in [-0.15, -0.1) is 0 Å². The van der Waals surface area contributed by atoms with Crippen molar-refractivity contribution in [1.29, 1.82) is 0 Å². The Morgan fingerprint density at radius 2 is 1.97 bits per heavy atom. The highest BCUT2D eigenvalue weighted by Gasteiger charge is 2.16. The standard InChI is InChI=1S/C25H22ClN5O4S/c1-36-25-28-13-16-11-18(24(35)30-21(16)31-25)23(34)29-20-12-15(7-8-19(20)26)22(33)27-9-3-5-14-4-2-6-17(32)10-14/h2,4,6-8,10-13,32H,3,5,9H2,1H3,(H,27,33)(H,29,34)(H,28,30,31,35). The summed E-state index contributed by atoms with van der Waals surface area (Å²) < 4.78 is 0. The smallest absolute Gasteiger partial charge is 0.262 e. The van der Waals surface area contributed by atoms with E-state index in [-0.39, 0.29) is 27.9 Å². The number of aromatic amines is 1. The first-order valence-electron chi connectivity index (χ1n) is 10.9. The quantitative estimate of drug-likeness (QED) is 0.155. The topological polar surface area (TPSA) is 137 Å². The Hall–Kier alpha value is -3.89. The number of aryl methyl sites for hydroxylation is 1. The molecule has 0 aliphatic heterocycles. The number of fused-ring (bicyclic) bond motifs is 1. The summed E-state index contributed by atoms with van der Waals surface area (Å²) in [5.41, 5.74) is 1.06. The number of aromatic nitrogens is 3. The summed E-state index contributed by atoms with van der Waals surface area (Å²) in [5, 5.41) is 16.2. The molecular weight excluding hydrogens is 502 g/mol. The van der Waals surface area contributed by atoms with Crippen molar-refractivity contribution in [2.24, 2.45) is 0 Å². The summed E-state index contributed by atoms with van der Waals surface area (Å²) in [6, 6.07) is 12.9. The number of carbonyl (C=O) groups is 2. The number of H-pyrrole nitrogens is 1.